The molecular formula is C10H12N6. The van der Waals surface area contributed by atoms with E-state index in [2.05, 4.69) is 30.8 Å². The van der Waals surface area contributed by atoms with Crippen molar-refractivity contribution in [1.29, 1.82) is 0 Å². The van der Waals surface area contributed by atoms with Gasteiger partial charge in [0.15, 0.2) is 0 Å². The lowest BCUT2D eigenvalue weighted by molar-refractivity contribution is 0.940. The van der Waals surface area contributed by atoms with Gasteiger partial charge in [-0.05, 0) is 0 Å². The zero-order chi connectivity index (χ0) is 11.3. The number of nitrogens with one attached hydrogen (secondary N) is 2. The maximum absolute atomic E-state index is 3.49. The van der Waals surface area contributed by atoms with E-state index in [4.69, 9.17) is 0 Å². The lowest BCUT2D eigenvalue weighted by Gasteiger charge is -1.69. The van der Waals surface area contributed by atoms with Gasteiger partial charge in [-0.1, -0.05) is 36.4 Å². The Morgan fingerprint density at radius 2 is 0.688 bits per heavy atom. The molecule has 3 aromatic rings. The number of benzene rings is 1. The van der Waals surface area contributed by atoms with E-state index in [0.29, 0.717) is 0 Å². The summed E-state index contributed by atoms with van der Waals surface area (Å²) in [6.07, 6.45) is 6.33. The Bertz CT molecular complexity index is 307. The van der Waals surface area contributed by atoms with E-state index < -0.39 is 0 Å². The number of H-pyrrole nitrogens is 2. The lowest BCUT2D eigenvalue weighted by Crippen LogP contribution is -1.61. The van der Waals surface area contributed by atoms with E-state index in [-0.39, 0.29) is 0 Å². The quantitative estimate of drug-likeness (QED) is 0.593. The first-order chi connectivity index (χ1) is 8.00. The minimum absolute atomic E-state index is 1.58. The standard InChI is InChI=1S/C6H6.2C2H3N3/c1-2-4-6-5-3-1;2*1-2-4-5-3-1/h1-6H;2*1-2H,(H,3,4,5). The Morgan fingerprint density at radius 1 is 0.438 bits per heavy atom. The molecule has 0 bridgehead atoms. The summed E-state index contributed by atoms with van der Waals surface area (Å²) >= 11 is 0. The van der Waals surface area contributed by atoms with Gasteiger partial charge in [0, 0.05) is 0 Å². The van der Waals surface area contributed by atoms with Gasteiger partial charge < -0.3 is 0 Å². The van der Waals surface area contributed by atoms with E-state index in [1.165, 1.54) is 0 Å². The highest BCUT2D eigenvalue weighted by atomic mass is 15.3. The fourth-order valence-corrected chi connectivity index (χ4v) is 0.718. The number of aromatic nitrogens is 6. The van der Waals surface area contributed by atoms with Gasteiger partial charge in [-0.25, -0.2) is 0 Å². The van der Waals surface area contributed by atoms with E-state index in [9.17, 15) is 0 Å². The van der Waals surface area contributed by atoms with Crippen molar-refractivity contribution in [3.8, 4) is 0 Å². The van der Waals surface area contributed by atoms with Gasteiger partial charge in [0.25, 0.3) is 0 Å². The van der Waals surface area contributed by atoms with E-state index in [1.807, 2.05) is 36.4 Å². The highest BCUT2D eigenvalue weighted by Gasteiger charge is 1.58. The third kappa shape index (κ3) is 6.96. The molecule has 6 heteroatoms. The average molecular weight is 216 g/mol. The first kappa shape index (κ1) is 11.6. The highest BCUT2D eigenvalue weighted by Crippen LogP contribution is 1.79. The Kier molecular flexibility index (Phi) is 6.56. The van der Waals surface area contributed by atoms with E-state index in [0.717, 1.165) is 0 Å². The molecule has 2 aromatic heterocycles. The van der Waals surface area contributed by atoms with Crippen molar-refractivity contribution in [2.45, 2.75) is 0 Å². The molecule has 0 unspecified atom stereocenters. The molecule has 0 aliphatic rings. The fraction of sp³-hybridized carbons (Fsp3) is 0. The molecule has 2 heterocycles. The molecule has 0 aliphatic heterocycles. The van der Waals surface area contributed by atoms with Crippen LogP contribution in [0.2, 0.25) is 0 Å². The Labute approximate surface area is 92.7 Å². The molecule has 82 valence electrons. The summed E-state index contributed by atoms with van der Waals surface area (Å²) in [5, 5.41) is 18.7. The van der Waals surface area contributed by atoms with Crippen molar-refractivity contribution in [3.05, 3.63) is 61.2 Å². The predicted octanol–water partition coefficient (Wildman–Crippen LogP) is 1.30. The zero-order valence-electron chi connectivity index (χ0n) is 8.56. The summed E-state index contributed by atoms with van der Waals surface area (Å²) in [5.41, 5.74) is 0. The third-order valence-corrected chi connectivity index (χ3v) is 1.33. The van der Waals surface area contributed by atoms with Crippen LogP contribution in [-0.4, -0.2) is 30.8 Å². The molecule has 2 N–H and O–H groups in total. The average Bonchev–Trinajstić information content (AvgIpc) is 3.10. The minimum atomic E-state index is 1.58. The zero-order valence-corrected chi connectivity index (χ0v) is 8.56. The van der Waals surface area contributed by atoms with Gasteiger partial charge in [-0.2, -0.15) is 30.8 Å². The third-order valence-electron chi connectivity index (χ3n) is 1.33. The van der Waals surface area contributed by atoms with Crippen molar-refractivity contribution in [2.75, 3.05) is 0 Å². The molecule has 0 saturated carbocycles. The molecule has 0 aliphatic carbocycles. The first-order valence-electron chi connectivity index (χ1n) is 4.59. The SMILES string of the molecule is c1ccccc1.c1cn[nH]n1.c1cn[nH]n1. The van der Waals surface area contributed by atoms with Gasteiger partial charge in [0.1, 0.15) is 0 Å². The van der Waals surface area contributed by atoms with Gasteiger partial charge in [-0.15, -0.1) is 0 Å². The Morgan fingerprint density at radius 3 is 0.812 bits per heavy atom. The summed E-state index contributed by atoms with van der Waals surface area (Å²) in [6.45, 7) is 0. The molecule has 6 nitrogen and oxygen atoms in total. The van der Waals surface area contributed by atoms with Crippen LogP contribution < -0.4 is 0 Å². The molecule has 16 heavy (non-hydrogen) atoms. The lowest BCUT2D eigenvalue weighted by atomic mass is 10.4. The van der Waals surface area contributed by atoms with Crippen LogP contribution in [0.25, 0.3) is 0 Å². The molecule has 0 atom stereocenters. The second kappa shape index (κ2) is 9.07. The van der Waals surface area contributed by atoms with Crippen LogP contribution in [0.5, 0.6) is 0 Å². The van der Waals surface area contributed by atoms with Crippen molar-refractivity contribution < 1.29 is 0 Å². The van der Waals surface area contributed by atoms with Gasteiger partial charge in [0.2, 0.25) is 0 Å². The van der Waals surface area contributed by atoms with Crippen molar-refractivity contribution in [1.82, 2.24) is 30.8 Å². The van der Waals surface area contributed by atoms with Gasteiger partial charge in [-0.3, -0.25) is 0 Å². The first-order valence-corrected chi connectivity index (χ1v) is 4.59. The topological polar surface area (TPSA) is 83.1 Å². The summed E-state index contributed by atoms with van der Waals surface area (Å²) < 4.78 is 0. The molecular weight excluding hydrogens is 204 g/mol. The van der Waals surface area contributed by atoms with Crippen LogP contribution >= 0.6 is 0 Å². The van der Waals surface area contributed by atoms with Crippen LogP contribution in [0.3, 0.4) is 0 Å². The molecule has 3 rings (SSSR count). The Balaban J connectivity index is 0.000000121. The summed E-state index contributed by atoms with van der Waals surface area (Å²) in [4.78, 5) is 0. The van der Waals surface area contributed by atoms with Crippen LogP contribution in [0.15, 0.2) is 61.2 Å². The second-order valence-electron chi connectivity index (χ2n) is 2.47. The predicted molar refractivity (Wildman–Crippen MR) is 59.2 cm³/mol. The molecule has 0 radical (unpaired) electrons. The highest BCUT2D eigenvalue weighted by molar-refractivity contribution is 4.99. The van der Waals surface area contributed by atoms with Gasteiger partial charge >= 0.3 is 0 Å². The maximum Gasteiger partial charge on any atom is 0.0690 e. The normalized spacial score (nSPS) is 8.00. The van der Waals surface area contributed by atoms with Crippen LogP contribution in [-0.2, 0) is 0 Å². The summed E-state index contributed by atoms with van der Waals surface area (Å²) in [5.74, 6) is 0. The van der Waals surface area contributed by atoms with Crippen molar-refractivity contribution in [2.24, 2.45) is 0 Å². The molecule has 0 spiro atoms. The number of hydrogen-bond acceptors (Lipinski definition) is 4. The van der Waals surface area contributed by atoms with Crippen molar-refractivity contribution >= 4 is 0 Å². The largest absolute Gasteiger partial charge is 0.198 e. The molecule has 1 aromatic carbocycles. The fourth-order valence-electron chi connectivity index (χ4n) is 0.718. The summed E-state index contributed by atoms with van der Waals surface area (Å²) in [7, 11) is 0. The molecule has 0 fully saturated rings. The van der Waals surface area contributed by atoms with Crippen molar-refractivity contribution in [3.63, 3.8) is 0 Å². The van der Waals surface area contributed by atoms with E-state index in [1.54, 1.807) is 24.8 Å². The number of nitrogens with zero attached hydrogens (tertiary/aromatic N) is 4. The van der Waals surface area contributed by atoms with E-state index >= 15 is 0 Å². The number of aromatic amines is 2. The number of rotatable bonds is 0. The molecule has 0 saturated heterocycles. The Hall–Kier alpha value is -2.50. The smallest absolute Gasteiger partial charge is 0.0690 e. The maximum atomic E-state index is 3.49. The van der Waals surface area contributed by atoms with Gasteiger partial charge in [0.05, 0.1) is 24.8 Å². The monoisotopic (exact) mass is 216 g/mol. The number of hydrogen-bond donors (Lipinski definition) is 2. The van der Waals surface area contributed by atoms with Crippen LogP contribution in [0, 0.1) is 0 Å². The minimum Gasteiger partial charge on any atom is -0.198 e. The van der Waals surface area contributed by atoms with Crippen LogP contribution in [0.4, 0.5) is 0 Å². The molecule has 0 amide bonds. The second-order valence-corrected chi connectivity index (χ2v) is 2.47. The van der Waals surface area contributed by atoms with Crippen LogP contribution in [0.1, 0.15) is 0 Å². The summed E-state index contributed by atoms with van der Waals surface area (Å²) in [6, 6.07) is 12.0.